The molecule has 72 heavy (non-hydrogen) atoms. The normalized spacial score (nSPS) is 14.1. The van der Waals surface area contributed by atoms with Gasteiger partial charge in [-0.2, -0.15) is 0 Å². The minimum atomic E-state index is -0.386. The molecule has 16 rings (SSSR count). The maximum Gasteiger partial charge on any atom is 0.0973 e. The van der Waals surface area contributed by atoms with Gasteiger partial charge in [-0.1, -0.05) is 231 Å². The van der Waals surface area contributed by atoms with Crippen LogP contribution in [0.3, 0.4) is 0 Å². The molecule has 4 aliphatic rings. The van der Waals surface area contributed by atoms with E-state index in [2.05, 4.69) is 243 Å². The largest absolute Gasteiger partial charge is 0.244 e. The van der Waals surface area contributed by atoms with Crippen molar-refractivity contribution in [1.82, 2.24) is 9.97 Å². The van der Waals surface area contributed by atoms with Crippen LogP contribution in [0.25, 0.3) is 100 Å². The van der Waals surface area contributed by atoms with Crippen molar-refractivity contribution in [3.05, 3.63) is 299 Å². The van der Waals surface area contributed by atoms with E-state index in [0.29, 0.717) is 0 Å². The van der Waals surface area contributed by atoms with Gasteiger partial charge in [0, 0.05) is 11.1 Å². The van der Waals surface area contributed by atoms with Crippen molar-refractivity contribution in [2.75, 3.05) is 0 Å². The van der Waals surface area contributed by atoms with Crippen molar-refractivity contribution < 1.29 is 0 Å². The number of fused-ring (bicyclic) bond motifs is 21. The Balaban J connectivity index is 0.784. The van der Waals surface area contributed by atoms with Crippen LogP contribution in [0.2, 0.25) is 0 Å². The highest BCUT2D eigenvalue weighted by molar-refractivity contribution is 5.98. The molecule has 0 fully saturated rings. The lowest BCUT2D eigenvalue weighted by Crippen LogP contribution is -2.25. The van der Waals surface area contributed by atoms with E-state index in [0.717, 1.165) is 44.7 Å². The van der Waals surface area contributed by atoms with Crippen molar-refractivity contribution in [1.29, 1.82) is 0 Å². The smallest absolute Gasteiger partial charge is 0.0973 e. The summed E-state index contributed by atoms with van der Waals surface area (Å²) in [5.41, 5.74) is 30.8. The molecular formula is C70H42N2. The fraction of sp³-hybridized carbons (Fsp3) is 0.0286. The van der Waals surface area contributed by atoms with E-state index in [-0.39, 0.29) is 10.8 Å². The van der Waals surface area contributed by atoms with Crippen LogP contribution in [0.15, 0.2) is 255 Å². The van der Waals surface area contributed by atoms with Crippen molar-refractivity contribution in [3.63, 3.8) is 0 Å². The van der Waals surface area contributed by atoms with Gasteiger partial charge in [0.05, 0.1) is 33.3 Å². The lowest BCUT2D eigenvalue weighted by atomic mass is 9.70. The highest BCUT2D eigenvalue weighted by Crippen LogP contribution is 2.64. The molecule has 1 aromatic heterocycles. The van der Waals surface area contributed by atoms with Crippen molar-refractivity contribution in [2.24, 2.45) is 0 Å². The number of nitrogens with zero attached hydrogens (tertiary/aromatic N) is 2. The maximum absolute atomic E-state index is 5.34. The Morgan fingerprint density at radius 3 is 0.736 bits per heavy atom. The zero-order valence-corrected chi connectivity index (χ0v) is 39.1. The molecule has 0 bridgehead atoms. The molecule has 0 saturated heterocycles. The summed E-state index contributed by atoms with van der Waals surface area (Å²) in [5.74, 6) is 0. The van der Waals surface area contributed by atoms with Gasteiger partial charge in [0.1, 0.15) is 0 Å². The molecule has 0 unspecified atom stereocenters. The van der Waals surface area contributed by atoms with E-state index in [9.17, 15) is 0 Å². The van der Waals surface area contributed by atoms with Gasteiger partial charge < -0.3 is 0 Å². The Bertz CT molecular complexity index is 3870. The number of rotatable bonds is 4. The van der Waals surface area contributed by atoms with Gasteiger partial charge in [-0.15, -0.1) is 0 Å². The first-order valence-electron chi connectivity index (χ1n) is 25.1. The van der Waals surface area contributed by atoms with E-state index in [4.69, 9.17) is 9.97 Å². The van der Waals surface area contributed by atoms with E-state index >= 15 is 0 Å². The van der Waals surface area contributed by atoms with Crippen LogP contribution in [0, 0.1) is 0 Å². The van der Waals surface area contributed by atoms with Crippen molar-refractivity contribution in [3.8, 4) is 89.3 Å². The van der Waals surface area contributed by atoms with Crippen LogP contribution in [0.5, 0.6) is 0 Å². The van der Waals surface area contributed by atoms with E-state index in [1.807, 2.05) is 12.1 Å². The summed E-state index contributed by atoms with van der Waals surface area (Å²) in [4.78, 5) is 10.7. The predicted octanol–water partition coefficient (Wildman–Crippen LogP) is 17.0. The molecule has 0 aliphatic heterocycles. The monoisotopic (exact) mass is 910 g/mol. The number of benzene rings is 11. The molecule has 11 aromatic carbocycles. The summed E-state index contributed by atoms with van der Waals surface area (Å²) in [6.07, 6.45) is 0. The molecular weight excluding hydrogens is 869 g/mol. The highest BCUT2D eigenvalue weighted by atomic mass is 14.8. The first-order valence-corrected chi connectivity index (χ1v) is 25.1. The molecule has 2 heteroatoms. The third-order valence-corrected chi connectivity index (χ3v) is 16.5. The van der Waals surface area contributed by atoms with Crippen LogP contribution in [0.1, 0.15) is 44.5 Å². The molecule has 0 radical (unpaired) electrons. The minimum Gasteiger partial charge on any atom is -0.244 e. The maximum atomic E-state index is 5.34. The first-order chi connectivity index (χ1) is 35.7. The van der Waals surface area contributed by atoms with Gasteiger partial charge in [-0.3, -0.25) is 0 Å². The number of hydrogen-bond donors (Lipinski definition) is 0. The van der Waals surface area contributed by atoms with E-state index in [1.165, 1.54) is 100 Å². The van der Waals surface area contributed by atoms with Crippen molar-refractivity contribution in [2.45, 2.75) is 10.8 Å². The molecule has 0 atom stereocenters. The highest BCUT2D eigenvalue weighted by Gasteiger charge is 2.53. The minimum absolute atomic E-state index is 0.386. The second-order valence-electron chi connectivity index (χ2n) is 19.9. The lowest BCUT2D eigenvalue weighted by Gasteiger charge is -2.30. The molecule has 0 N–H and O–H groups in total. The number of para-hydroxylation sites is 2. The fourth-order valence-electron chi connectivity index (χ4n) is 13.6. The van der Waals surface area contributed by atoms with Crippen LogP contribution in [-0.2, 0) is 10.8 Å². The predicted molar refractivity (Wildman–Crippen MR) is 294 cm³/mol. The third kappa shape index (κ3) is 5.13. The molecule has 0 saturated carbocycles. The lowest BCUT2D eigenvalue weighted by molar-refractivity contribution is 0.794. The number of aromatic nitrogens is 2. The third-order valence-electron chi connectivity index (χ3n) is 16.5. The Morgan fingerprint density at radius 2 is 0.431 bits per heavy atom. The zero-order valence-electron chi connectivity index (χ0n) is 39.1. The van der Waals surface area contributed by atoms with Crippen molar-refractivity contribution >= 4 is 11.0 Å². The summed E-state index contributed by atoms with van der Waals surface area (Å²) in [6.45, 7) is 0. The molecule has 332 valence electrons. The van der Waals surface area contributed by atoms with Crippen LogP contribution in [-0.4, -0.2) is 9.97 Å². The molecule has 1 heterocycles. The summed E-state index contributed by atoms with van der Waals surface area (Å²) in [6, 6.07) is 94.4. The van der Waals surface area contributed by atoms with E-state index < -0.39 is 0 Å². The molecule has 2 nitrogen and oxygen atoms in total. The molecule has 0 amide bonds. The topological polar surface area (TPSA) is 25.8 Å². The Morgan fingerprint density at radius 1 is 0.194 bits per heavy atom. The van der Waals surface area contributed by atoms with Crippen LogP contribution >= 0.6 is 0 Å². The van der Waals surface area contributed by atoms with Gasteiger partial charge in [0.25, 0.3) is 0 Å². The second kappa shape index (κ2) is 14.6. The summed E-state index contributed by atoms with van der Waals surface area (Å²) in [5, 5.41) is 0. The van der Waals surface area contributed by atoms with Gasteiger partial charge >= 0.3 is 0 Å². The Hall–Kier alpha value is -9.24. The SMILES string of the molecule is c1ccc2c(c1)-c1ccccc1C21c2ccccc2-c2ccc(-c3ccc(-c4nc5ccccc5nc4-c4ccc(-c5ccc6c(c5)C5(c7ccccc7-c7ccccc75)c5ccccc5-6)cc4)cc3)cc21. The van der Waals surface area contributed by atoms with Gasteiger partial charge in [-0.05, 0) is 136 Å². The summed E-state index contributed by atoms with van der Waals surface area (Å²) >= 11 is 0. The molecule has 12 aromatic rings. The Labute approximate surface area is 418 Å². The Kier molecular flexibility index (Phi) is 8.05. The summed E-state index contributed by atoms with van der Waals surface area (Å²) in [7, 11) is 0. The first kappa shape index (κ1) is 39.6. The fourth-order valence-corrected chi connectivity index (χ4v) is 13.6. The van der Waals surface area contributed by atoms with Gasteiger partial charge in [0.2, 0.25) is 0 Å². The standard InChI is InChI=1S/C70H42N2/c1-7-21-57-49(15-1)50-16-2-8-22-58(50)69(57)61-25-11-5-19-53(61)55-39-37-47(41-63(55)69)43-29-33-45(34-30-43)67-68(72-66-28-14-13-27-65(66)71-67)46-35-31-44(32-36-46)48-38-40-56-54-20-6-12-26-62(54)70(64(56)42-48)59-23-9-3-17-51(59)52-18-4-10-24-60(52)70/h1-42H. The van der Waals surface area contributed by atoms with E-state index in [1.54, 1.807) is 0 Å². The molecule has 4 aliphatic carbocycles. The van der Waals surface area contributed by atoms with Gasteiger partial charge in [0.15, 0.2) is 0 Å². The summed E-state index contributed by atoms with van der Waals surface area (Å²) < 4.78 is 0. The average Bonchev–Trinajstić information content (AvgIpc) is 4.14. The van der Waals surface area contributed by atoms with Crippen LogP contribution in [0.4, 0.5) is 0 Å². The second-order valence-corrected chi connectivity index (χ2v) is 19.9. The zero-order chi connectivity index (χ0) is 47.1. The molecule has 2 spiro atoms. The van der Waals surface area contributed by atoms with Gasteiger partial charge in [-0.25, -0.2) is 9.97 Å². The number of hydrogen-bond acceptors (Lipinski definition) is 2. The van der Waals surface area contributed by atoms with Crippen LogP contribution < -0.4 is 0 Å². The average molecular weight is 911 g/mol. The quantitative estimate of drug-likeness (QED) is 0.176.